The molecule has 2 aliphatic heterocycles. The number of rotatable bonds is 11. The number of carbonyl (C=O) groups is 2. The summed E-state index contributed by atoms with van der Waals surface area (Å²) >= 11 is 0. The summed E-state index contributed by atoms with van der Waals surface area (Å²) in [7, 11) is 3.20. The average Bonchev–Trinajstić information content (AvgIpc) is 2.91. The second-order valence-corrected chi connectivity index (χ2v) is 10.1. The van der Waals surface area contributed by atoms with Crippen molar-refractivity contribution in [2.45, 2.75) is 51.2 Å². The van der Waals surface area contributed by atoms with Gasteiger partial charge in [-0.3, -0.25) is 0 Å². The Labute approximate surface area is 219 Å². The SMILES string of the molecule is CNC[C@H](C[C@@H]1CCCOC1)NC(=O)N1CCC[C@@H]([C@@H](OCCNC(=O)OC)c2cc(F)ccc2C)C1. The Kier molecular flexibility index (Phi) is 11.9. The van der Waals surface area contributed by atoms with Crippen LogP contribution in [0, 0.1) is 24.6 Å². The Morgan fingerprint density at radius 3 is 2.84 bits per heavy atom. The number of ether oxygens (including phenoxy) is 3. The molecule has 9 nitrogen and oxygen atoms in total. The molecule has 208 valence electrons. The van der Waals surface area contributed by atoms with Gasteiger partial charge in [0.05, 0.1) is 19.8 Å². The van der Waals surface area contributed by atoms with E-state index in [2.05, 4.69) is 20.7 Å². The molecule has 2 fully saturated rings. The van der Waals surface area contributed by atoms with Gasteiger partial charge in [-0.05, 0) is 75.3 Å². The minimum Gasteiger partial charge on any atom is -0.453 e. The van der Waals surface area contributed by atoms with Crippen molar-refractivity contribution in [2.75, 3.05) is 60.2 Å². The summed E-state index contributed by atoms with van der Waals surface area (Å²) in [5.74, 6) is 0.121. The van der Waals surface area contributed by atoms with Crippen molar-refractivity contribution in [1.29, 1.82) is 0 Å². The van der Waals surface area contributed by atoms with Crippen LogP contribution in [-0.4, -0.2) is 83.2 Å². The molecular weight excluding hydrogens is 479 g/mol. The molecule has 2 heterocycles. The smallest absolute Gasteiger partial charge is 0.406 e. The Bertz CT molecular complexity index is 867. The number of benzene rings is 1. The van der Waals surface area contributed by atoms with E-state index in [0.717, 1.165) is 56.4 Å². The van der Waals surface area contributed by atoms with Gasteiger partial charge in [0.15, 0.2) is 0 Å². The topological polar surface area (TPSA) is 101 Å². The number of likely N-dealkylation sites (tertiary alicyclic amines) is 1. The molecule has 2 saturated heterocycles. The molecule has 1 aromatic carbocycles. The minimum absolute atomic E-state index is 0.00683. The lowest BCUT2D eigenvalue weighted by Gasteiger charge is -2.38. The van der Waals surface area contributed by atoms with E-state index < -0.39 is 12.2 Å². The van der Waals surface area contributed by atoms with Gasteiger partial charge in [0.1, 0.15) is 5.82 Å². The first-order valence-corrected chi connectivity index (χ1v) is 13.4. The van der Waals surface area contributed by atoms with Gasteiger partial charge in [-0.2, -0.15) is 0 Å². The van der Waals surface area contributed by atoms with Crippen LogP contribution in [0.1, 0.15) is 49.3 Å². The molecule has 0 saturated carbocycles. The highest BCUT2D eigenvalue weighted by atomic mass is 19.1. The Hall–Kier alpha value is -2.43. The lowest BCUT2D eigenvalue weighted by molar-refractivity contribution is -0.00923. The van der Waals surface area contributed by atoms with E-state index in [1.54, 1.807) is 6.07 Å². The summed E-state index contributed by atoms with van der Waals surface area (Å²) in [6, 6.07) is 4.64. The fourth-order valence-corrected chi connectivity index (χ4v) is 5.35. The van der Waals surface area contributed by atoms with Crippen LogP contribution in [0.15, 0.2) is 18.2 Å². The molecule has 0 aliphatic carbocycles. The fraction of sp³-hybridized carbons (Fsp3) is 0.704. The Balaban J connectivity index is 1.66. The van der Waals surface area contributed by atoms with Crippen LogP contribution in [0.2, 0.25) is 0 Å². The average molecular weight is 523 g/mol. The van der Waals surface area contributed by atoms with Gasteiger partial charge in [-0.1, -0.05) is 6.07 Å². The highest BCUT2D eigenvalue weighted by molar-refractivity contribution is 5.74. The van der Waals surface area contributed by atoms with Gasteiger partial charge in [-0.15, -0.1) is 0 Å². The van der Waals surface area contributed by atoms with Gasteiger partial charge >= 0.3 is 12.1 Å². The molecule has 2 aliphatic rings. The molecule has 0 aromatic heterocycles. The van der Waals surface area contributed by atoms with Crippen LogP contribution < -0.4 is 16.0 Å². The van der Waals surface area contributed by atoms with Crippen molar-refractivity contribution >= 4 is 12.1 Å². The number of aryl methyl sites for hydroxylation is 1. The summed E-state index contributed by atoms with van der Waals surface area (Å²) in [4.78, 5) is 26.6. The molecule has 3 rings (SSSR count). The van der Waals surface area contributed by atoms with Crippen molar-refractivity contribution in [1.82, 2.24) is 20.9 Å². The maximum Gasteiger partial charge on any atom is 0.406 e. The molecule has 0 bridgehead atoms. The second kappa shape index (κ2) is 15.1. The maximum absolute atomic E-state index is 14.2. The third-order valence-electron chi connectivity index (χ3n) is 7.23. The maximum atomic E-state index is 14.2. The van der Waals surface area contributed by atoms with Crippen molar-refractivity contribution in [3.63, 3.8) is 0 Å². The van der Waals surface area contributed by atoms with E-state index in [-0.39, 0.29) is 37.0 Å². The zero-order valence-corrected chi connectivity index (χ0v) is 22.4. The van der Waals surface area contributed by atoms with Crippen LogP contribution >= 0.6 is 0 Å². The van der Waals surface area contributed by atoms with Gasteiger partial charge in [-0.25, -0.2) is 14.0 Å². The van der Waals surface area contributed by atoms with Crippen LogP contribution in [0.25, 0.3) is 0 Å². The van der Waals surface area contributed by atoms with Crippen molar-refractivity contribution in [2.24, 2.45) is 11.8 Å². The highest BCUT2D eigenvalue weighted by Crippen LogP contribution is 2.35. The summed E-state index contributed by atoms with van der Waals surface area (Å²) < 4.78 is 30.7. The number of urea groups is 1. The van der Waals surface area contributed by atoms with E-state index in [0.29, 0.717) is 25.6 Å². The molecule has 10 heteroatoms. The molecule has 0 unspecified atom stereocenters. The first-order chi connectivity index (χ1) is 17.9. The molecular formula is C27H43FN4O5. The van der Waals surface area contributed by atoms with E-state index in [9.17, 15) is 14.0 Å². The lowest BCUT2D eigenvalue weighted by atomic mass is 9.86. The van der Waals surface area contributed by atoms with Gasteiger partial charge in [0.25, 0.3) is 0 Å². The molecule has 4 atom stereocenters. The standard InChI is InChI=1S/C27H43FN4O5/c1-19-8-9-22(28)15-24(19)25(37-13-10-30-27(34)35-3)21-7-4-11-32(17-21)26(33)31-23(16-29-2)14-20-6-5-12-36-18-20/h8-9,15,20-21,23,25,29H,4-7,10-14,16-18H2,1-3H3,(H,30,34)(H,31,33)/t20-,21+,23-,25+/m0/s1. The number of amides is 3. The second-order valence-electron chi connectivity index (χ2n) is 10.1. The molecule has 1 aromatic rings. The number of likely N-dealkylation sites (N-methyl/N-ethyl adjacent to an activating group) is 1. The number of methoxy groups -OCH3 is 1. The first-order valence-electron chi connectivity index (χ1n) is 13.4. The summed E-state index contributed by atoms with van der Waals surface area (Å²) in [5, 5.41) is 9.04. The number of hydrogen-bond donors (Lipinski definition) is 3. The van der Waals surface area contributed by atoms with Crippen LogP contribution in [0.4, 0.5) is 14.0 Å². The van der Waals surface area contributed by atoms with E-state index in [1.165, 1.54) is 19.2 Å². The predicted octanol–water partition coefficient (Wildman–Crippen LogP) is 3.37. The third kappa shape index (κ3) is 9.12. The monoisotopic (exact) mass is 522 g/mol. The van der Waals surface area contributed by atoms with E-state index in [1.807, 2.05) is 18.9 Å². The number of carbonyl (C=O) groups excluding carboxylic acids is 2. The Morgan fingerprint density at radius 2 is 2.11 bits per heavy atom. The number of hydrogen-bond acceptors (Lipinski definition) is 6. The van der Waals surface area contributed by atoms with Crippen molar-refractivity contribution in [3.8, 4) is 0 Å². The predicted molar refractivity (Wildman–Crippen MR) is 139 cm³/mol. The zero-order valence-electron chi connectivity index (χ0n) is 22.4. The number of nitrogens with one attached hydrogen (secondary N) is 3. The van der Waals surface area contributed by atoms with Crippen molar-refractivity contribution < 1.29 is 28.2 Å². The van der Waals surface area contributed by atoms with Gasteiger partial charge in [0, 0.05) is 51.4 Å². The van der Waals surface area contributed by atoms with Crippen LogP contribution in [0.5, 0.6) is 0 Å². The van der Waals surface area contributed by atoms with E-state index >= 15 is 0 Å². The molecule has 3 amide bonds. The summed E-state index contributed by atoms with van der Waals surface area (Å²) in [6.45, 7) is 5.89. The number of nitrogens with zero attached hydrogens (tertiary/aromatic N) is 1. The quantitative estimate of drug-likeness (QED) is 0.385. The normalized spacial score (nSPS) is 21.7. The third-order valence-corrected chi connectivity index (χ3v) is 7.23. The number of halogens is 1. The van der Waals surface area contributed by atoms with Crippen LogP contribution in [-0.2, 0) is 14.2 Å². The van der Waals surface area contributed by atoms with Gasteiger partial charge < -0.3 is 35.1 Å². The minimum atomic E-state index is -0.529. The fourth-order valence-electron chi connectivity index (χ4n) is 5.35. The molecule has 37 heavy (non-hydrogen) atoms. The molecule has 3 N–H and O–H groups in total. The summed E-state index contributed by atoms with van der Waals surface area (Å²) in [5.41, 5.74) is 1.70. The number of alkyl carbamates (subject to hydrolysis) is 1. The van der Waals surface area contributed by atoms with Crippen molar-refractivity contribution in [3.05, 3.63) is 35.1 Å². The van der Waals surface area contributed by atoms with E-state index in [4.69, 9.17) is 9.47 Å². The molecule has 0 spiro atoms. The van der Waals surface area contributed by atoms with Crippen LogP contribution in [0.3, 0.4) is 0 Å². The van der Waals surface area contributed by atoms with Gasteiger partial charge in [0.2, 0.25) is 0 Å². The lowest BCUT2D eigenvalue weighted by Crippen LogP contribution is -2.52. The molecule has 0 radical (unpaired) electrons. The highest BCUT2D eigenvalue weighted by Gasteiger charge is 2.33. The largest absolute Gasteiger partial charge is 0.453 e. The number of piperidine rings is 1. The zero-order chi connectivity index (χ0) is 26.6. The Morgan fingerprint density at radius 1 is 1.27 bits per heavy atom. The summed E-state index contributed by atoms with van der Waals surface area (Å²) in [6.07, 6.45) is 3.82. The first kappa shape index (κ1) is 29.1.